The van der Waals surface area contributed by atoms with Gasteiger partial charge in [0, 0.05) is 12.6 Å². The van der Waals surface area contributed by atoms with Crippen LogP contribution in [-0.2, 0) is 9.59 Å². The summed E-state index contributed by atoms with van der Waals surface area (Å²) in [7, 11) is 0. The van der Waals surface area contributed by atoms with Crippen molar-refractivity contribution in [3.8, 4) is 0 Å². The number of aldehydes is 1. The van der Waals surface area contributed by atoms with Gasteiger partial charge >= 0.3 is 0 Å². The molecule has 2 rings (SSSR count). The molecule has 2 aliphatic heterocycles. The zero-order valence-corrected chi connectivity index (χ0v) is 43.5. The maximum Gasteiger partial charge on any atom is 0.226 e. The molecule has 0 radical (unpaired) electrons. The molecule has 2 atom stereocenters. The predicted molar refractivity (Wildman–Crippen MR) is 278 cm³/mol. The lowest BCUT2D eigenvalue weighted by atomic mass is 9.76. The number of hydrogen-bond donors (Lipinski definition) is 1. The number of carbonyl (C=O) groups is 2. The molecule has 0 bridgehead atoms. The van der Waals surface area contributed by atoms with Crippen LogP contribution in [0.1, 0.15) is 335 Å². The van der Waals surface area contributed by atoms with Gasteiger partial charge < -0.3 is 10.1 Å². The second-order valence-electron chi connectivity index (χ2n) is 22.4. The zero-order chi connectivity index (χ0) is 45.2. The van der Waals surface area contributed by atoms with Crippen LogP contribution in [0.5, 0.6) is 0 Å². The molecule has 63 heavy (non-hydrogen) atoms. The molecule has 0 saturated carbocycles. The van der Waals surface area contributed by atoms with Crippen molar-refractivity contribution in [1.82, 2.24) is 10.2 Å². The minimum Gasteiger partial charge on any atom is -0.353 e. The van der Waals surface area contributed by atoms with E-state index in [1.807, 2.05) is 0 Å². The fourth-order valence-electron chi connectivity index (χ4n) is 11.3. The molecule has 0 aliphatic carbocycles. The van der Waals surface area contributed by atoms with Crippen LogP contribution in [0.3, 0.4) is 0 Å². The molecule has 0 aromatic rings. The van der Waals surface area contributed by atoms with E-state index in [9.17, 15) is 9.59 Å². The van der Waals surface area contributed by atoms with Crippen LogP contribution >= 0.6 is 0 Å². The largest absolute Gasteiger partial charge is 0.353 e. The van der Waals surface area contributed by atoms with E-state index >= 15 is 0 Å². The highest BCUT2D eigenvalue weighted by atomic mass is 16.2. The Kier molecular flexibility index (Phi) is 38.2. The van der Waals surface area contributed by atoms with E-state index in [1.165, 1.54) is 283 Å². The molecule has 2 aliphatic rings. The lowest BCUT2D eigenvalue weighted by Gasteiger charge is -2.37. The molecule has 2 unspecified atom stereocenters. The van der Waals surface area contributed by atoms with E-state index < -0.39 is 5.54 Å². The van der Waals surface area contributed by atoms with Crippen molar-refractivity contribution >= 4 is 12.2 Å². The van der Waals surface area contributed by atoms with E-state index in [0.29, 0.717) is 0 Å². The molecular weight excluding hydrogens is 769 g/mol. The van der Waals surface area contributed by atoms with Crippen LogP contribution in [-0.4, -0.2) is 41.8 Å². The van der Waals surface area contributed by atoms with E-state index in [1.54, 1.807) is 0 Å². The molecule has 4 heteroatoms. The van der Waals surface area contributed by atoms with E-state index in [-0.39, 0.29) is 17.4 Å². The summed E-state index contributed by atoms with van der Waals surface area (Å²) in [4.78, 5) is 28.1. The molecule has 0 aromatic heterocycles. The maximum absolute atomic E-state index is 13.5. The Bertz CT molecular complexity index is 1010. The highest BCUT2D eigenvalue weighted by molar-refractivity contribution is 5.85. The quantitative estimate of drug-likeness (QED) is 0.281. The zero-order valence-electron chi connectivity index (χ0n) is 43.5. The third-order valence-corrected chi connectivity index (χ3v) is 15.9. The van der Waals surface area contributed by atoms with Crippen molar-refractivity contribution in [3.63, 3.8) is 0 Å². The number of nitrogens with one attached hydrogen (secondary N) is 1. The first-order valence-electron chi connectivity index (χ1n) is 29.4. The molecule has 1 spiro atoms. The van der Waals surface area contributed by atoms with Gasteiger partial charge in [-0.1, -0.05) is 289 Å². The normalized spacial score (nSPS) is 27.0. The molecule has 0 aromatic carbocycles. The third-order valence-electron chi connectivity index (χ3n) is 15.9. The molecule has 1 N–H and O–H groups in total. The maximum atomic E-state index is 13.5. The Labute approximate surface area is 396 Å². The van der Waals surface area contributed by atoms with Crippen LogP contribution in [0.15, 0.2) is 0 Å². The topological polar surface area (TPSA) is 49.4 Å². The van der Waals surface area contributed by atoms with Crippen molar-refractivity contribution in [2.45, 2.75) is 347 Å². The number of carbonyl (C=O) groups excluding carboxylic acids is 2. The lowest BCUT2D eigenvalue weighted by molar-refractivity contribution is -0.129. The number of nitrogens with zero attached hydrogens (tertiary/aromatic N) is 1. The van der Waals surface area contributed by atoms with Crippen LogP contribution < -0.4 is 5.32 Å². The van der Waals surface area contributed by atoms with Crippen LogP contribution in [0, 0.1) is 5.41 Å². The molecule has 1 amide bonds. The van der Waals surface area contributed by atoms with Gasteiger partial charge in [-0.15, -0.1) is 0 Å². The van der Waals surface area contributed by atoms with Crippen molar-refractivity contribution < 1.29 is 9.59 Å². The van der Waals surface area contributed by atoms with Crippen molar-refractivity contribution in [2.24, 2.45) is 5.41 Å². The molecule has 372 valence electrons. The van der Waals surface area contributed by atoms with Gasteiger partial charge in [0.25, 0.3) is 0 Å². The smallest absolute Gasteiger partial charge is 0.226 e. The Morgan fingerprint density at radius 3 is 0.857 bits per heavy atom. The second kappa shape index (κ2) is 41.3. The first-order chi connectivity index (χ1) is 30.9. The minimum absolute atomic E-state index is 0.255. The van der Waals surface area contributed by atoms with Crippen LogP contribution in [0.25, 0.3) is 0 Å². The summed E-state index contributed by atoms with van der Waals surface area (Å²) in [6.45, 7) is 8.12. The highest BCUT2D eigenvalue weighted by Crippen LogP contribution is 2.40. The fraction of sp³-hybridized carbons (Fsp3) is 0.966. The minimum atomic E-state index is -0.483. The monoisotopic (exact) mass is 883 g/mol. The van der Waals surface area contributed by atoms with Crippen molar-refractivity contribution in [2.75, 3.05) is 13.1 Å². The van der Waals surface area contributed by atoms with Gasteiger partial charge in [-0.3, -0.25) is 9.69 Å². The highest BCUT2D eigenvalue weighted by Gasteiger charge is 2.45. The molecule has 4 nitrogen and oxygen atoms in total. The van der Waals surface area contributed by atoms with Gasteiger partial charge in [-0.05, 0) is 53.0 Å². The number of amides is 1. The van der Waals surface area contributed by atoms with Crippen LogP contribution in [0.4, 0.5) is 0 Å². The SMILES string of the molecule is CC1CC2(CCCCCCCCCCCCCCCCCCCCCCCCCCCCCCCCCCCCCCCCCCCCCCCCN(C(C)(C)C=O)CC2)C(=O)N1. The summed E-state index contributed by atoms with van der Waals surface area (Å²) >= 11 is 0. The van der Waals surface area contributed by atoms with Gasteiger partial charge in [-0.25, -0.2) is 0 Å². The first-order valence-corrected chi connectivity index (χ1v) is 29.4. The summed E-state index contributed by atoms with van der Waals surface area (Å²) in [6.07, 6.45) is 69.2. The standard InChI is InChI=1S/C59H114N2O2/c1-56-54-59(57(63)60-56)50-48-46-44-42-40-38-36-34-32-30-28-26-24-22-20-18-16-14-12-10-8-6-4-5-7-9-11-13-15-17-19-21-23-25-27-29-31-33-35-37-39-41-43-45-47-49-52-61(53-51-59)58(2,3)55-62/h55-56H,4-54H2,1-3H3,(H,60,63). The van der Waals surface area contributed by atoms with Gasteiger partial charge in [0.1, 0.15) is 6.29 Å². The molecule has 2 heterocycles. The van der Waals surface area contributed by atoms with Crippen molar-refractivity contribution in [3.05, 3.63) is 0 Å². The Morgan fingerprint density at radius 2 is 0.635 bits per heavy atom. The van der Waals surface area contributed by atoms with Crippen molar-refractivity contribution in [1.29, 1.82) is 0 Å². The van der Waals surface area contributed by atoms with E-state index in [2.05, 4.69) is 31.0 Å². The third kappa shape index (κ3) is 32.4. The van der Waals surface area contributed by atoms with Gasteiger partial charge in [0.15, 0.2) is 0 Å². The molecular formula is C59H114N2O2. The number of hydrogen-bond acceptors (Lipinski definition) is 3. The Hall–Kier alpha value is -0.900. The number of rotatable bonds is 2. The molecule has 2 fully saturated rings. The summed E-state index contributed by atoms with van der Waals surface area (Å²) in [5, 5.41) is 3.28. The average molecular weight is 884 g/mol. The Balaban J connectivity index is 1.66. The van der Waals surface area contributed by atoms with Gasteiger partial charge in [0.2, 0.25) is 5.91 Å². The molecule has 2 saturated heterocycles. The fourth-order valence-corrected chi connectivity index (χ4v) is 11.3. The summed E-state index contributed by atoms with van der Waals surface area (Å²) in [6, 6.07) is 0.255. The lowest BCUT2D eigenvalue weighted by Crippen LogP contribution is -2.48. The predicted octanol–water partition coefficient (Wildman–Crippen LogP) is 18.9. The summed E-state index contributed by atoms with van der Waals surface area (Å²) in [5.74, 6) is 0.271. The first kappa shape index (κ1) is 58.2. The van der Waals surface area contributed by atoms with Gasteiger partial charge in [-0.2, -0.15) is 0 Å². The second-order valence-corrected chi connectivity index (χ2v) is 22.4. The van der Waals surface area contributed by atoms with Crippen LogP contribution in [0.2, 0.25) is 0 Å². The van der Waals surface area contributed by atoms with E-state index in [4.69, 9.17) is 0 Å². The van der Waals surface area contributed by atoms with Gasteiger partial charge in [0.05, 0.1) is 11.0 Å². The summed E-state index contributed by atoms with van der Waals surface area (Å²) in [5.41, 5.74) is -0.749. The Morgan fingerprint density at radius 1 is 0.397 bits per heavy atom. The van der Waals surface area contributed by atoms with E-state index in [0.717, 1.165) is 51.5 Å². The summed E-state index contributed by atoms with van der Waals surface area (Å²) < 4.78 is 0. The average Bonchev–Trinajstić information content (AvgIpc) is 3.56.